The summed E-state index contributed by atoms with van der Waals surface area (Å²) in [5.74, 6) is -0.947. The quantitative estimate of drug-likeness (QED) is 0.595. The van der Waals surface area contributed by atoms with Crippen LogP contribution in [0.1, 0.15) is 23.3 Å². The lowest BCUT2D eigenvalue weighted by atomic mass is 10.0. The van der Waals surface area contributed by atoms with Crippen molar-refractivity contribution in [1.82, 2.24) is 9.88 Å². The second kappa shape index (κ2) is 5.78. The molecule has 2 amide bonds. The van der Waals surface area contributed by atoms with Crippen LogP contribution in [0.15, 0.2) is 12.1 Å². The minimum atomic E-state index is -0.601. The number of likely N-dealkylation sites (N-methyl/N-ethyl adjacent to an activating group) is 1. The Hall–Kier alpha value is -2.64. The highest BCUT2D eigenvalue weighted by Gasteiger charge is 2.32. The van der Waals surface area contributed by atoms with Gasteiger partial charge in [0.25, 0.3) is 5.91 Å². The van der Waals surface area contributed by atoms with Crippen molar-refractivity contribution >= 4 is 29.3 Å². The third kappa shape index (κ3) is 2.93. The number of esters is 1. The Morgan fingerprint density at radius 2 is 2.19 bits per heavy atom. The molecule has 0 bridgehead atoms. The van der Waals surface area contributed by atoms with E-state index < -0.39 is 12.0 Å². The first-order chi connectivity index (χ1) is 9.93. The number of nitrogens with one attached hydrogen (secondary N) is 1. The summed E-state index contributed by atoms with van der Waals surface area (Å²) in [6.07, 6.45) is 0.613. The third-order valence-electron chi connectivity index (χ3n) is 3.28. The number of anilines is 2. The smallest absolute Gasteiger partial charge is 0.356 e. The molecule has 1 fully saturated rings. The SMILES string of the molecule is COC(=O)c1ccc(N)c(NC2CCC(=O)N(C)C2=O)n1. The van der Waals surface area contributed by atoms with Gasteiger partial charge in [-0.3, -0.25) is 14.5 Å². The highest BCUT2D eigenvalue weighted by molar-refractivity contribution is 6.01. The van der Waals surface area contributed by atoms with Gasteiger partial charge in [0.05, 0.1) is 12.8 Å². The molecule has 1 aliphatic rings. The Morgan fingerprint density at radius 1 is 1.48 bits per heavy atom. The van der Waals surface area contributed by atoms with Crippen molar-refractivity contribution in [2.75, 3.05) is 25.2 Å². The van der Waals surface area contributed by atoms with Gasteiger partial charge in [0.15, 0.2) is 11.5 Å². The molecule has 0 saturated carbocycles. The van der Waals surface area contributed by atoms with Gasteiger partial charge in [-0.05, 0) is 18.6 Å². The largest absolute Gasteiger partial charge is 0.464 e. The van der Waals surface area contributed by atoms with Crippen LogP contribution in [0.4, 0.5) is 11.5 Å². The molecule has 0 spiro atoms. The van der Waals surface area contributed by atoms with E-state index in [-0.39, 0.29) is 29.7 Å². The number of nitrogens with two attached hydrogens (primary N) is 1. The summed E-state index contributed by atoms with van der Waals surface area (Å²) in [5.41, 5.74) is 6.17. The Balaban J connectivity index is 2.21. The van der Waals surface area contributed by atoms with Gasteiger partial charge in [-0.2, -0.15) is 0 Å². The molecule has 0 aliphatic carbocycles. The lowest BCUT2D eigenvalue weighted by Gasteiger charge is -2.28. The van der Waals surface area contributed by atoms with Crippen molar-refractivity contribution in [2.24, 2.45) is 0 Å². The van der Waals surface area contributed by atoms with Crippen LogP contribution in [0.5, 0.6) is 0 Å². The van der Waals surface area contributed by atoms with E-state index in [1.807, 2.05) is 0 Å². The van der Waals surface area contributed by atoms with E-state index in [2.05, 4.69) is 15.0 Å². The normalized spacial score (nSPS) is 18.6. The van der Waals surface area contributed by atoms with E-state index in [1.165, 1.54) is 26.3 Å². The molecule has 1 aromatic rings. The molecule has 1 saturated heterocycles. The number of carbonyl (C=O) groups excluding carboxylic acids is 3. The van der Waals surface area contributed by atoms with Gasteiger partial charge in [0, 0.05) is 13.5 Å². The number of hydrogen-bond donors (Lipinski definition) is 2. The van der Waals surface area contributed by atoms with Gasteiger partial charge >= 0.3 is 5.97 Å². The number of imide groups is 1. The van der Waals surface area contributed by atoms with Crippen LogP contribution >= 0.6 is 0 Å². The maximum absolute atomic E-state index is 12.0. The summed E-state index contributed by atoms with van der Waals surface area (Å²) >= 11 is 0. The van der Waals surface area contributed by atoms with E-state index in [1.54, 1.807) is 0 Å². The highest BCUT2D eigenvalue weighted by atomic mass is 16.5. The van der Waals surface area contributed by atoms with Crippen molar-refractivity contribution in [2.45, 2.75) is 18.9 Å². The minimum absolute atomic E-state index is 0.0851. The van der Waals surface area contributed by atoms with Crippen LogP contribution in [0.3, 0.4) is 0 Å². The Kier molecular flexibility index (Phi) is 4.06. The number of carbonyl (C=O) groups is 3. The summed E-state index contributed by atoms with van der Waals surface area (Å²) in [6, 6.07) is 2.34. The maximum Gasteiger partial charge on any atom is 0.356 e. The molecule has 0 aromatic carbocycles. The number of methoxy groups -OCH3 is 1. The lowest BCUT2D eigenvalue weighted by molar-refractivity contribution is -0.146. The van der Waals surface area contributed by atoms with E-state index in [0.29, 0.717) is 12.1 Å². The van der Waals surface area contributed by atoms with Gasteiger partial charge in [0.2, 0.25) is 5.91 Å². The molecule has 112 valence electrons. The lowest BCUT2D eigenvalue weighted by Crippen LogP contribution is -2.48. The summed E-state index contributed by atoms with van der Waals surface area (Å²) in [5, 5.41) is 2.88. The second-order valence-electron chi connectivity index (χ2n) is 4.65. The first kappa shape index (κ1) is 14.8. The van der Waals surface area contributed by atoms with Gasteiger partial charge in [0.1, 0.15) is 6.04 Å². The molecule has 2 heterocycles. The fourth-order valence-electron chi connectivity index (χ4n) is 2.02. The molecular formula is C13H16N4O4. The minimum Gasteiger partial charge on any atom is -0.464 e. The zero-order chi connectivity index (χ0) is 15.6. The molecular weight excluding hydrogens is 276 g/mol. The number of aromatic nitrogens is 1. The number of rotatable bonds is 3. The summed E-state index contributed by atoms with van der Waals surface area (Å²) in [7, 11) is 2.68. The number of pyridine rings is 1. The van der Waals surface area contributed by atoms with Crippen molar-refractivity contribution in [3.63, 3.8) is 0 Å². The Labute approximate surface area is 121 Å². The molecule has 1 aromatic heterocycles. The summed E-state index contributed by atoms with van der Waals surface area (Å²) in [4.78, 5) is 40.0. The Morgan fingerprint density at radius 3 is 2.86 bits per heavy atom. The molecule has 1 atom stereocenters. The number of likely N-dealkylation sites (tertiary alicyclic amines) is 1. The maximum atomic E-state index is 12.0. The van der Waals surface area contributed by atoms with E-state index in [0.717, 1.165) is 4.90 Å². The number of nitrogen functional groups attached to an aromatic ring is 1. The zero-order valence-corrected chi connectivity index (χ0v) is 11.8. The van der Waals surface area contributed by atoms with Crippen molar-refractivity contribution in [3.8, 4) is 0 Å². The monoisotopic (exact) mass is 292 g/mol. The van der Waals surface area contributed by atoms with Crippen molar-refractivity contribution in [3.05, 3.63) is 17.8 Å². The average Bonchev–Trinajstić information content (AvgIpc) is 2.49. The molecule has 21 heavy (non-hydrogen) atoms. The highest BCUT2D eigenvalue weighted by Crippen LogP contribution is 2.21. The van der Waals surface area contributed by atoms with Gasteiger partial charge < -0.3 is 15.8 Å². The molecule has 0 radical (unpaired) electrons. The number of piperidine rings is 1. The van der Waals surface area contributed by atoms with Gasteiger partial charge in [-0.15, -0.1) is 0 Å². The van der Waals surface area contributed by atoms with Crippen LogP contribution in [-0.4, -0.2) is 47.9 Å². The zero-order valence-electron chi connectivity index (χ0n) is 11.8. The number of hydrogen-bond acceptors (Lipinski definition) is 7. The summed E-state index contributed by atoms with van der Waals surface area (Å²) < 4.78 is 4.58. The fourth-order valence-corrected chi connectivity index (χ4v) is 2.02. The van der Waals surface area contributed by atoms with Crippen molar-refractivity contribution < 1.29 is 19.1 Å². The third-order valence-corrected chi connectivity index (χ3v) is 3.28. The number of ether oxygens (including phenoxy) is 1. The molecule has 3 N–H and O–H groups in total. The molecule has 1 aliphatic heterocycles. The predicted molar refractivity (Wildman–Crippen MR) is 74.4 cm³/mol. The number of nitrogens with zero attached hydrogens (tertiary/aromatic N) is 2. The van der Waals surface area contributed by atoms with Crippen LogP contribution in [0.25, 0.3) is 0 Å². The molecule has 2 rings (SSSR count). The first-order valence-electron chi connectivity index (χ1n) is 6.35. The average molecular weight is 292 g/mol. The molecule has 8 nitrogen and oxygen atoms in total. The topological polar surface area (TPSA) is 115 Å². The van der Waals surface area contributed by atoms with E-state index >= 15 is 0 Å². The van der Waals surface area contributed by atoms with Crippen LogP contribution in [0.2, 0.25) is 0 Å². The van der Waals surface area contributed by atoms with Gasteiger partial charge in [-0.1, -0.05) is 0 Å². The Bertz CT molecular complexity index is 602. The summed E-state index contributed by atoms with van der Waals surface area (Å²) in [6.45, 7) is 0. The molecule has 8 heteroatoms. The standard InChI is InChI=1S/C13H16N4O4/c1-17-10(18)6-5-8(12(17)19)15-11-7(14)3-4-9(16-11)13(20)21-2/h3-4,8H,5-6,14H2,1-2H3,(H,15,16). The van der Waals surface area contributed by atoms with Crippen LogP contribution < -0.4 is 11.1 Å². The van der Waals surface area contributed by atoms with Crippen LogP contribution in [0, 0.1) is 0 Å². The second-order valence-corrected chi connectivity index (χ2v) is 4.65. The van der Waals surface area contributed by atoms with Crippen LogP contribution in [-0.2, 0) is 14.3 Å². The van der Waals surface area contributed by atoms with E-state index in [9.17, 15) is 14.4 Å². The van der Waals surface area contributed by atoms with Gasteiger partial charge in [-0.25, -0.2) is 9.78 Å². The van der Waals surface area contributed by atoms with E-state index in [4.69, 9.17) is 5.73 Å². The fraction of sp³-hybridized carbons (Fsp3) is 0.385. The first-order valence-corrected chi connectivity index (χ1v) is 6.35. The van der Waals surface area contributed by atoms with Crippen molar-refractivity contribution in [1.29, 1.82) is 0 Å². The number of amides is 2. The predicted octanol–water partition coefficient (Wildman–Crippen LogP) is 0.00970. The molecule has 1 unspecified atom stereocenters.